The molecule has 1 heterocycles. The minimum Gasteiger partial charge on any atom is -0.441 e. The minimum atomic E-state index is -0.190. The van der Waals surface area contributed by atoms with Crippen molar-refractivity contribution in [1.29, 1.82) is 0 Å². The van der Waals surface area contributed by atoms with E-state index < -0.39 is 0 Å². The van der Waals surface area contributed by atoms with Gasteiger partial charge in [-0.2, -0.15) is 0 Å². The van der Waals surface area contributed by atoms with E-state index in [9.17, 15) is 4.79 Å². The van der Waals surface area contributed by atoms with Crippen LogP contribution in [0.5, 0.6) is 0 Å². The summed E-state index contributed by atoms with van der Waals surface area (Å²) in [6.07, 6.45) is 20.9. The highest BCUT2D eigenvalue weighted by molar-refractivity contribution is 6.63. The zero-order valence-corrected chi connectivity index (χ0v) is 19.7. The summed E-state index contributed by atoms with van der Waals surface area (Å²) in [4.78, 5) is 15.2. The number of aryl methyl sites for hydroxylation is 2. The van der Waals surface area contributed by atoms with E-state index in [1.807, 2.05) is 6.07 Å². The molecule has 0 saturated carbocycles. The Morgan fingerprint density at radius 2 is 1.30 bits per heavy atom. The molecule has 0 aliphatic heterocycles. The number of hydrogen-bond acceptors (Lipinski definition) is 3. The number of benzene rings is 1. The average molecular weight is 434 g/mol. The lowest BCUT2D eigenvalue weighted by Crippen LogP contribution is -1.87. The molecule has 168 valence electrons. The number of hydrogen-bond donors (Lipinski definition) is 0. The monoisotopic (exact) mass is 433 g/mol. The standard InChI is InChI=1S/C26H40ClNO2/c1-22-19-20-24-23(21-22)28-26(30-24)18-16-14-12-10-8-6-4-2-3-5-7-9-11-13-15-17-25(27)29/h19-21H,2-18H2,1H3. The Balaban J connectivity index is 1.32. The highest BCUT2D eigenvalue weighted by Gasteiger charge is 2.05. The van der Waals surface area contributed by atoms with E-state index in [1.54, 1.807) is 0 Å². The van der Waals surface area contributed by atoms with Gasteiger partial charge in [-0.3, -0.25) is 4.79 Å². The maximum absolute atomic E-state index is 10.6. The Bertz CT molecular complexity index is 725. The zero-order chi connectivity index (χ0) is 21.4. The average Bonchev–Trinajstić information content (AvgIpc) is 3.12. The van der Waals surface area contributed by atoms with Gasteiger partial charge in [0.25, 0.3) is 0 Å². The molecule has 2 aromatic rings. The maximum atomic E-state index is 10.6. The van der Waals surface area contributed by atoms with E-state index in [0.717, 1.165) is 36.3 Å². The van der Waals surface area contributed by atoms with Crippen LogP contribution in [0.25, 0.3) is 11.1 Å². The van der Waals surface area contributed by atoms with Gasteiger partial charge in [0, 0.05) is 12.8 Å². The molecule has 1 aromatic carbocycles. The molecular weight excluding hydrogens is 394 g/mol. The van der Waals surface area contributed by atoms with Crippen LogP contribution in [0.15, 0.2) is 22.6 Å². The second-order valence-electron chi connectivity index (χ2n) is 8.74. The summed E-state index contributed by atoms with van der Waals surface area (Å²) < 4.78 is 5.83. The van der Waals surface area contributed by atoms with E-state index in [4.69, 9.17) is 16.0 Å². The summed E-state index contributed by atoms with van der Waals surface area (Å²) >= 11 is 5.34. The molecule has 0 radical (unpaired) electrons. The number of aromatic nitrogens is 1. The highest BCUT2D eigenvalue weighted by Crippen LogP contribution is 2.19. The Morgan fingerprint density at radius 1 is 0.800 bits per heavy atom. The van der Waals surface area contributed by atoms with E-state index in [0.29, 0.717) is 6.42 Å². The van der Waals surface area contributed by atoms with Crippen molar-refractivity contribution in [2.45, 2.75) is 116 Å². The fourth-order valence-electron chi connectivity index (χ4n) is 4.03. The number of carbonyl (C=O) groups is 1. The van der Waals surface area contributed by atoms with Crippen molar-refractivity contribution in [3.05, 3.63) is 29.7 Å². The third kappa shape index (κ3) is 11.2. The molecule has 0 spiro atoms. The first-order valence-corrected chi connectivity index (χ1v) is 12.6. The fraction of sp³-hybridized carbons (Fsp3) is 0.692. The molecule has 0 saturated heterocycles. The number of rotatable bonds is 18. The SMILES string of the molecule is Cc1ccc2oc(CCCCCCCCCCCCCCCCCC(=O)Cl)nc2c1. The molecule has 1 aromatic heterocycles. The number of halogens is 1. The second kappa shape index (κ2) is 15.5. The van der Waals surface area contributed by atoms with E-state index in [2.05, 4.69) is 24.0 Å². The molecule has 0 aliphatic carbocycles. The second-order valence-corrected chi connectivity index (χ2v) is 9.16. The van der Waals surface area contributed by atoms with Gasteiger partial charge in [0.1, 0.15) is 5.52 Å². The molecule has 0 unspecified atom stereocenters. The van der Waals surface area contributed by atoms with Gasteiger partial charge in [-0.1, -0.05) is 89.5 Å². The Morgan fingerprint density at radius 3 is 1.83 bits per heavy atom. The van der Waals surface area contributed by atoms with Crippen LogP contribution < -0.4 is 0 Å². The molecule has 3 nitrogen and oxygen atoms in total. The summed E-state index contributed by atoms with van der Waals surface area (Å²) in [5.41, 5.74) is 3.14. The quantitative estimate of drug-likeness (QED) is 0.174. The van der Waals surface area contributed by atoms with Gasteiger partial charge < -0.3 is 4.42 Å². The lowest BCUT2D eigenvalue weighted by atomic mass is 10.0. The van der Waals surface area contributed by atoms with Crippen LogP contribution in [0.2, 0.25) is 0 Å². The summed E-state index contributed by atoms with van der Waals surface area (Å²) in [6.45, 7) is 2.09. The molecule has 0 atom stereocenters. The third-order valence-corrected chi connectivity index (χ3v) is 6.04. The van der Waals surface area contributed by atoms with Gasteiger partial charge in [0.15, 0.2) is 11.5 Å². The van der Waals surface area contributed by atoms with E-state index in [-0.39, 0.29) is 5.24 Å². The summed E-state index contributed by atoms with van der Waals surface area (Å²) in [6, 6.07) is 6.20. The Labute approximate surface area is 188 Å². The molecule has 0 fully saturated rings. The molecule has 30 heavy (non-hydrogen) atoms. The van der Waals surface area contributed by atoms with Gasteiger partial charge >= 0.3 is 0 Å². The van der Waals surface area contributed by atoms with Crippen molar-refractivity contribution in [3.63, 3.8) is 0 Å². The van der Waals surface area contributed by atoms with Gasteiger partial charge in [-0.25, -0.2) is 4.98 Å². The number of fused-ring (bicyclic) bond motifs is 1. The first-order valence-electron chi connectivity index (χ1n) is 12.2. The van der Waals surface area contributed by atoms with E-state index in [1.165, 1.54) is 89.0 Å². The van der Waals surface area contributed by atoms with Crippen molar-refractivity contribution < 1.29 is 9.21 Å². The number of unbranched alkanes of at least 4 members (excludes halogenated alkanes) is 14. The van der Waals surface area contributed by atoms with Gasteiger partial charge in [-0.05, 0) is 49.1 Å². The van der Waals surface area contributed by atoms with Crippen molar-refractivity contribution >= 4 is 27.9 Å². The predicted molar refractivity (Wildman–Crippen MR) is 127 cm³/mol. The smallest absolute Gasteiger partial charge is 0.221 e. The van der Waals surface area contributed by atoms with Crippen LogP contribution in [0, 0.1) is 6.92 Å². The van der Waals surface area contributed by atoms with Crippen molar-refractivity contribution in [1.82, 2.24) is 4.98 Å². The van der Waals surface area contributed by atoms with Crippen LogP contribution >= 0.6 is 11.6 Å². The fourth-order valence-corrected chi connectivity index (χ4v) is 4.16. The number of oxazole rings is 1. The number of carbonyl (C=O) groups excluding carboxylic acids is 1. The lowest BCUT2D eigenvalue weighted by molar-refractivity contribution is -0.111. The summed E-state index contributed by atoms with van der Waals surface area (Å²) in [5.74, 6) is 0.890. The molecular formula is C26H40ClNO2. The first-order chi connectivity index (χ1) is 14.6. The van der Waals surface area contributed by atoms with Crippen LogP contribution in [0.4, 0.5) is 0 Å². The summed E-state index contributed by atoms with van der Waals surface area (Å²) in [5, 5.41) is -0.190. The third-order valence-electron chi connectivity index (χ3n) is 5.85. The molecule has 2 rings (SSSR count). The van der Waals surface area contributed by atoms with Crippen LogP contribution in [0.3, 0.4) is 0 Å². The maximum Gasteiger partial charge on any atom is 0.221 e. The normalized spacial score (nSPS) is 11.4. The highest BCUT2D eigenvalue weighted by atomic mass is 35.5. The lowest BCUT2D eigenvalue weighted by Gasteiger charge is -2.03. The molecule has 0 bridgehead atoms. The first kappa shape index (κ1) is 24.9. The van der Waals surface area contributed by atoms with Crippen molar-refractivity contribution in [2.24, 2.45) is 0 Å². The Hall–Kier alpha value is -1.35. The minimum absolute atomic E-state index is 0.190. The Kier molecular flexibility index (Phi) is 12.8. The van der Waals surface area contributed by atoms with E-state index >= 15 is 0 Å². The molecule has 0 N–H and O–H groups in total. The molecule has 0 amide bonds. The van der Waals surface area contributed by atoms with Crippen molar-refractivity contribution in [2.75, 3.05) is 0 Å². The largest absolute Gasteiger partial charge is 0.441 e. The number of nitrogens with zero attached hydrogens (tertiary/aromatic N) is 1. The van der Waals surface area contributed by atoms with Crippen LogP contribution in [0.1, 0.15) is 114 Å². The van der Waals surface area contributed by atoms with Gasteiger partial charge in [0.05, 0.1) is 0 Å². The molecule has 0 aliphatic rings. The van der Waals surface area contributed by atoms with Crippen LogP contribution in [-0.2, 0) is 11.2 Å². The van der Waals surface area contributed by atoms with Gasteiger partial charge in [0.2, 0.25) is 5.24 Å². The topological polar surface area (TPSA) is 43.1 Å². The molecule has 4 heteroatoms. The van der Waals surface area contributed by atoms with Crippen molar-refractivity contribution in [3.8, 4) is 0 Å². The zero-order valence-electron chi connectivity index (χ0n) is 18.9. The summed E-state index contributed by atoms with van der Waals surface area (Å²) in [7, 11) is 0. The van der Waals surface area contributed by atoms with Gasteiger partial charge in [-0.15, -0.1) is 0 Å². The predicted octanol–water partition coefficient (Wildman–Crippen LogP) is 8.69. The van der Waals surface area contributed by atoms with Crippen LogP contribution in [-0.4, -0.2) is 10.2 Å².